The summed E-state index contributed by atoms with van der Waals surface area (Å²) in [6.07, 6.45) is 1.52. The summed E-state index contributed by atoms with van der Waals surface area (Å²) in [5, 5.41) is 0. The summed E-state index contributed by atoms with van der Waals surface area (Å²) < 4.78 is 12.9. The fourth-order valence-corrected chi connectivity index (χ4v) is 1.58. The number of pyridine rings is 1. The normalized spacial score (nSPS) is 22.2. The fourth-order valence-electron chi connectivity index (χ4n) is 1.58. The number of anilines is 2. The van der Waals surface area contributed by atoms with E-state index in [1.165, 1.54) is 0 Å². The maximum absolute atomic E-state index is 12.9. The average Bonchev–Trinajstić information content (AvgIpc) is 2.53. The second kappa shape index (κ2) is 3.20. The number of nitrogen functional groups attached to an aromatic ring is 1. The second-order valence-electron chi connectivity index (χ2n) is 3.25. The molecule has 0 aromatic carbocycles. The Morgan fingerprint density at radius 3 is 3.08 bits per heavy atom. The lowest BCUT2D eigenvalue weighted by atomic mass is 10.3. The van der Waals surface area contributed by atoms with Crippen molar-refractivity contribution in [2.24, 2.45) is 0 Å². The first-order chi connectivity index (χ1) is 6.27. The van der Waals surface area contributed by atoms with Crippen LogP contribution < -0.4 is 10.6 Å². The van der Waals surface area contributed by atoms with E-state index < -0.39 is 6.17 Å². The minimum Gasteiger partial charge on any atom is -0.396 e. The van der Waals surface area contributed by atoms with Gasteiger partial charge in [0.2, 0.25) is 0 Å². The van der Waals surface area contributed by atoms with Crippen LogP contribution in [-0.4, -0.2) is 24.2 Å². The van der Waals surface area contributed by atoms with Gasteiger partial charge in [0, 0.05) is 12.7 Å². The van der Waals surface area contributed by atoms with Crippen LogP contribution in [0.3, 0.4) is 0 Å². The zero-order valence-corrected chi connectivity index (χ0v) is 7.28. The summed E-state index contributed by atoms with van der Waals surface area (Å²) in [6.45, 7) is 1.13. The van der Waals surface area contributed by atoms with Gasteiger partial charge in [0.25, 0.3) is 0 Å². The molecule has 13 heavy (non-hydrogen) atoms. The monoisotopic (exact) mass is 181 g/mol. The molecule has 0 saturated carbocycles. The van der Waals surface area contributed by atoms with Gasteiger partial charge < -0.3 is 10.6 Å². The van der Waals surface area contributed by atoms with Gasteiger partial charge in [-0.1, -0.05) is 0 Å². The van der Waals surface area contributed by atoms with Crippen molar-refractivity contribution in [1.29, 1.82) is 0 Å². The van der Waals surface area contributed by atoms with Crippen LogP contribution in [0.15, 0.2) is 18.3 Å². The highest BCUT2D eigenvalue weighted by Crippen LogP contribution is 2.24. The molecule has 1 atom stereocenters. The molecule has 1 fully saturated rings. The Labute approximate surface area is 76.4 Å². The van der Waals surface area contributed by atoms with Crippen molar-refractivity contribution < 1.29 is 4.39 Å². The molecular weight excluding hydrogens is 169 g/mol. The van der Waals surface area contributed by atoms with Crippen LogP contribution in [0.1, 0.15) is 6.42 Å². The van der Waals surface area contributed by atoms with Crippen LogP contribution >= 0.6 is 0 Å². The smallest absolute Gasteiger partial charge is 0.151 e. The predicted molar refractivity (Wildman–Crippen MR) is 50.4 cm³/mol. The molecule has 2 heterocycles. The molecule has 1 aromatic heterocycles. The van der Waals surface area contributed by atoms with E-state index >= 15 is 0 Å². The maximum atomic E-state index is 12.9. The van der Waals surface area contributed by atoms with Gasteiger partial charge in [-0.25, -0.2) is 9.37 Å². The summed E-state index contributed by atoms with van der Waals surface area (Å²) in [4.78, 5) is 6.02. The minimum absolute atomic E-state index is 0.418. The molecule has 2 rings (SSSR count). The first-order valence-electron chi connectivity index (χ1n) is 4.37. The molecule has 1 aromatic rings. The number of hydrogen-bond acceptors (Lipinski definition) is 3. The number of nitrogens with two attached hydrogens (primary N) is 1. The summed E-state index contributed by atoms with van der Waals surface area (Å²) in [7, 11) is 0. The van der Waals surface area contributed by atoms with Crippen molar-refractivity contribution in [3.05, 3.63) is 18.3 Å². The van der Waals surface area contributed by atoms with Gasteiger partial charge in [-0.05, 0) is 18.6 Å². The maximum Gasteiger partial charge on any atom is 0.151 e. The molecule has 0 amide bonds. The van der Waals surface area contributed by atoms with E-state index in [1.807, 2.05) is 4.90 Å². The fraction of sp³-hybridized carbons (Fsp3) is 0.444. The molecule has 0 unspecified atom stereocenters. The van der Waals surface area contributed by atoms with Crippen molar-refractivity contribution in [3.8, 4) is 0 Å². The van der Waals surface area contributed by atoms with Gasteiger partial charge in [-0.15, -0.1) is 0 Å². The zero-order valence-electron chi connectivity index (χ0n) is 7.28. The van der Waals surface area contributed by atoms with Crippen LogP contribution in [0.25, 0.3) is 0 Å². The molecule has 0 aliphatic carbocycles. The van der Waals surface area contributed by atoms with E-state index in [4.69, 9.17) is 5.73 Å². The van der Waals surface area contributed by atoms with Gasteiger partial charge in [-0.2, -0.15) is 0 Å². The number of rotatable bonds is 1. The van der Waals surface area contributed by atoms with Gasteiger partial charge in [-0.3, -0.25) is 0 Å². The molecular formula is C9H12FN3. The van der Waals surface area contributed by atoms with Gasteiger partial charge >= 0.3 is 0 Å². The highest BCUT2D eigenvalue weighted by atomic mass is 19.1. The number of nitrogens with zero attached hydrogens (tertiary/aromatic N) is 2. The van der Waals surface area contributed by atoms with Gasteiger partial charge in [0.05, 0.1) is 12.2 Å². The van der Waals surface area contributed by atoms with E-state index in [0.29, 0.717) is 31.0 Å². The Balaban J connectivity index is 2.21. The molecule has 1 saturated heterocycles. The number of aromatic nitrogens is 1. The summed E-state index contributed by atoms with van der Waals surface area (Å²) in [5.41, 5.74) is 6.34. The van der Waals surface area contributed by atoms with E-state index in [1.54, 1.807) is 18.3 Å². The summed E-state index contributed by atoms with van der Waals surface area (Å²) >= 11 is 0. The molecule has 70 valence electrons. The minimum atomic E-state index is -0.735. The standard InChI is InChI=1S/C9H12FN3/c10-7-3-5-13(6-7)9-8(11)2-1-4-12-9/h1-2,4,7H,3,5-6,11H2/t7-/m0/s1. The topological polar surface area (TPSA) is 42.1 Å². The van der Waals surface area contributed by atoms with Gasteiger partial charge in [0.1, 0.15) is 6.17 Å². The third-order valence-electron chi connectivity index (χ3n) is 2.25. The quantitative estimate of drug-likeness (QED) is 0.708. The van der Waals surface area contributed by atoms with E-state index in [-0.39, 0.29) is 0 Å². The molecule has 2 N–H and O–H groups in total. The Bertz CT molecular complexity index is 303. The molecule has 4 heteroatoms. The first kappa shape index (κ1) is 8.29. The lowest BCUT2D eigenvalue weighted by Gasteiger charge is -2.17. The third-order valence-corrected chi connectivity index (χ3v) is 2.25. The largest absolute Gasteiger partial charge is 0.396 e. The molecule has 1 aliphatic heterocycles. The van der Waals surface area contributed by atoms with E-state index in [9.17, 15) is 4.39 Å². The summed E-state index contributed by atoms with van der Waals surface area (Å²) in [5.74, 6) is 0.711. The number of hydrogen-bond donors (Lipinski definition) is 1. The van der Waals surface area contributed by atoms with E-state index in [2.05, 4.69) is 4.98 Å². The van der Waals surface area contributed by atoms with Crippen molar-refractivity contribution >= 4 is 11.5 Å². The molecule has 3 nitrogen and oxygen atoms in total. The lowest BCUT2D eigenvalue weighted by molar-refractivity contribution is 0.364. The van der Waals surface area contributed by atoms with Crippen molar-refractivity contribution in [3.63, 3.8) is 0 Å². The van der Waals surface area contributed by atoms with Crippen LogP contribution in [0.2, 0.25) is 0 Å². The van der Waals surface area contributed by atoms with Crippen molar-refractivity contribution in [1.82, 2.24) is 4.98 Å². The molecule has 0 radical (unpaired) electrons. The summed E-state index contributed by atoms with van der Waals surface area (Å²) in [6, 6.07) is 3.57. The Morgan fingerprint density at radius 1 is 1.62 bits per heavy atom. The lowest BCUT2D eigenvalue weighted by Crippen LogP contribution is -2.22. The van der Waals surface area contributed by atoms with Crippen LogP contribution in [0, 0.1) is 0 Å². The average molecular weight is 181 g/mol. The van der Waals surface area contributed by atoms with Crippen LogP contribution in [-0.2, 0) is 0 Å². The Kier molecular flexibility index (Phi) is 2.04. The zero-order chi connectivity index (χ0) is 9.26. The number of halogens is 1. The molecule has 1 aliphatic rings. The Morgan fingerprint density at radius 2 is 2.46 bits per heavy atom. The highest BCUT2D eigenvalue weighted by Gasteiger charge is 2.23. The highest BCUT2D eigenvalue weighted by molar-refractivity contribution is 5.62. The van der Waals surface area contributed by atoms with E-state index in [0.717, 1.165) is 0 Å². The number of alkyl halides is 1. The Hall–Kier alpha value is -1.32. The molecule has 0 spiro atoms. The predicted octanol–water partition coefficient (Wildman–Crippen LogP) is 1.21. The third kappa shape index (κ3) is 1.56. The van der Waals surface area contributed by atoms with Crippen LogP contribution in [0.4, 0.5) is 15.9 Å². The van der Waals surface area contributed by atoms with Crippen molar-refractivity contribution in [2.75, 3.05) is 23.7 Å². The second-order valence-corrected chi connectivity index (χ2v) is 3.25. The van der Waals surface area contributed by atoms with Crippen molar-refractivity contribution in [2.45, 2.75) is 12.6 Å². The SMILES string of the molecule is Nc1cccnc1N1CC[C@H](F)C1. The molecule has 0 bridgehead atoms. The van der Waals surface area contributed by atoms with Crippen LogP contribution in [0.5, 0.6) is 0 Å². The van der Waals surface area contributed by atoms with Gasteiger partial charge in [0.15, 0.2) is 5.82 Å². The first-order valence-corrected chi connectivity index (χ1v) is 4.37.